The number of rotatable bonds is 20. The number of carboxylic acids is 1. The van der Waals surface area contributed by atoms with E-state index in [-0.39, 0.29) is 11.1 Å². The number of thiocarbonyl (C=S) groups is 1. The van der Waals surface area contributed by atoms with Crippen LogP contribution < -0.4 is 0 Å². The summed E-state index contributed by atoms with van der Waals surface area (Å²) in [5, 5.41) is 21.3. The highest BCUT2D eigenvalue weighted by atomic mass is 32.1. The Bertz CT molecular complexity index is 1370. The Hall–Kier alpha value is -3.11. The molecule has 0 bridgehead atoms. The summed E-state index contributed by atoms with van der Waals surface area (Å²) < 4.78 is 18.7. The van der Waals surface area contributed by atoms with E-state index in [0.29, 0.717) is 19.6 Å². The minimum atomic E-state index is -2.37. The second-order valence-electron chi connectivity index (χ2n) is 14.3. The average Bonchev–Trinajstić information content (AvgIpc) is 3.71. The topological polar surface area (TPSA) is 106 Å². The molecule has 0 spiro atoms. The molecule has 2 aromatic carbocycles. The lowest BCUT2D eigenvalue weighted by molar-refractivity contribution is -0.168. The molecule has 3 atom stereocenters. The monoisotopic (exact) mass is 707 g/mol. The maximum Gasteiger partial charge on any atom is 0.336 e. The third-order valence-electron chi connectivity index (χ3n) is 10.2. The number of aliphatic carboxylic acids is 1. The Morgan fingerprint density at radius 3 is 1.92 bits per heavy atom. The van der Waals surface area contributed by atoms with Gasteiger partial charge in [-0.15, -0.1) is 0 Å². The fourth-order valence-electron chi connectivity index (χ4n) is 7.48. The summed E-state index contributed by atoms with van der Waals surface area (Å²) >= 11 is 5.76. The first-order valence-electron chi connectivity index (χ1n) is 18.6. The van der Waals surface area contributed by atoms with Crippen LogP contribution in [0.5, 0.6) is 0 Å². The van der Waals surface area contributed by atoms with Crippen molar-refractivity contribution in [3.8, 4) is 0 Å². The number of carbonyl (C=O) groups is 2. The highest BCUT2D eigenvalue weighted by Gasteiger charge is 2.59. The van der Waals surface area contributed by atoms with Crippen molar-refractivity contribution in [2.45, 2.75) is 128 Å². The summed E-state index contributed by atoms with van der Waals surface area (Å²) in [6.07, 6.45) is 15.8. The van der Waals surface area contributed by atoms with Crippen LogP contribution in [-0.2, 0) is 29.4 Å². The van der Waals surface area contributed by atoms with Gasteiger partial charge in [0, 0.05) is 24.0 Å². The molecule has 0 unspecified atom stereocenters. The lowest BCUT2D eigenvalue weighted by atomic mass is 9.75. The van der Waals surface area contributed by atoms with Gasteiger partial charge < -0.3 is 24.4 Å². The van der Waals surface area contributed by atoms with Crippen molar-refractivity contribution < 1.29 is 34.0 Å². The van der Waals surface area contributed by atoms with E-state index in [1.807, 2.05) is 80.6 Å². The second-order valence-corrected chi connectivity index (χ2v) is 14.7. The van der Waals surface area contributed by atoms with Crippen molar-refractivity contribution in [2.75, 3.05) is 13.2 Å². The van der Waals surface area contributed by atoms with E-state index in [9.17, 15) is 19.8 Å². The molecule has 9 heteroatoms. The predicted octanol–water partition coefficient (Wildman–Crippen LogP) is 8.55. The zero-order valence-electron chi connectivity index (χ0n) is 30.4. The van der Waals surface area contributed by atoms with Gasteiger partial charge in [-0.05, 0) is 50.7 Å². The maximum atomic E-state index is 14.5. The first-order chi connectivity index (χ1) is 24.0. The predicted molar refractivity (Wildman–Crippen MR) is 199 cm³/mol. The third-order valence-corrected chi connectivity index (χ3v) is 10.5. The number of hydrogen-bond acceptors (Lipinski definition) is 7. The summed E-state index contributed by atoms with van der Waals surface area (Å²) in [6, 6.07) is 18.7. The molecule has 4 rings (SSSR count). The molecule has 2 aliphatic heterocycles. The number of unbranched alkanes of at least 4 members (excludes halogenated alkanes) is 8. The standard InChI is InChI=1S/C41H57NO7S/c1-5-6-7-11-20-27-40(47-29-30-48-40)28-21-12-9-8-10-19-26-34(39(4,46)37(44)45)36(43)42-35(31(2)3)41(49-38(42)50,32-22-15-13-16-23-32)33-24-17-14-18-25-33/h13-19,22-26,31,34-35,46H,5-12,20-21,27-30H2,1-4H3,(H,44,45)/b26-19+/t34-,35+,39+/m1/s1. The van der Waals surface area contributed by atoms with E-state index in [0.717, 1.165) is 56.1 Å². The van der Waals surface area contributed by atoms with E-state index in [1.165, 1.54) is 43.6 Å². The fourth-order valence-corrected chi connectivity index (χ4v) is 7.81. The molecule has 2 heterocycles. The highest BCUT2D eigenvalue weighted by molar-refractivity contribution is 7.80. The molecular formula is C41H57NO7S. The molecule has 2 aromatic rings. The number of carboxylic acid groups (broad SMARTS) is 1. The smallest absolute Gasteiger partial charge is 0.336 e. The Balaban J connectivity index is 1.44. The van der Waals surface area contributed by atoms with E-state index in [1.54, 1.807) is 0 Å². The average molecular weight is 708 g/mol. The molecule has 2 saturated heterocycles. The van der Waals surface area contributed by atoms with E-state index in [4.69, 9.17) is 26.4 Å². The van der Waals surface area contributed by atoms with Crippen LogP contribution in [0.2, 0.25) is 0 Å². The summed E-state index contributed by atoms with van der Waals surface area (Å²) in [6.45, 7) is 8.69. The highest BCUT2D eigenvalue weighted by Crippen LogP contribution is 2.48. The normalized spacial score (nSPS) is 20.2. The first-order valence-corrected chi connectivity index (χ1v) is 19.0. The lowest BCUT2D eigenvalue weighted by Gasteiger charge is -2.39. The number of ether oxygens (including phenoxy) is 3. The summed E-state index contributed by atoms with van der Waals surface area (Å²) in [5.74, 6) is -4.07. The van der Waals surface area contributed by atoms with Gasteiger partial charge in [-0.1, -0.05) is 132 Å². The van der Waals surface area contributed by atoms with Gasteiger partial charge in [0.1, 0.15) is 0 Å². The van der Waals surface area contributed by atoms with Crippen LogP contribution in [0.1, 0.15) is 116 Å². The summed E-state index contributed by atoms with van der Waals surface area (Å²) in [7, 11) is 0. The number of allylic oxidation sites excluding steroid dienone is 1. The van der Waals surface area contributed by atoms with Gasteiger partial charge in [0.05, 0.1) is 25.2 Å². The molecule has 0 saturated carbocycles. The largest absolute Gasteiger partial charge is 0.479 e. The molecular weight excluding hydrogens is 651 g/mol. The third kappa shape index (κ3) is 9.21. The van der Waals surface area contributed by atoms with Gasteiger partial charge in [-0.2, -0.15) is 0 Å². The number of hydrogen-bond donors (Lipinski definition) is 2. The van der Waals surface area contributed by atoms with Crippen LogP contribution in [0, 0.1) is 11.8 Å². The van der Waals surface area contributed by atoms with Gasteiger partial charge in [-0.25, -0.2) is 4.79 Å². The number of carbonyl (C=O) groups excluding carboxylic acids is 1. The molecule has 274 valence electrons. The molecule has 0 radical (unpaired) electrons. The molecule has 50 heavy (non-hydrogen) atoms. The van der Waals surface area contributed by atoms with Crippen molar-refractivity contribution >= 4 is 29.3 Å². The molecule has 8 nitrogen and oxygen atoms in total. The van der Waals surface area contributed by atoms with E-state index >= 15 is 0 Å². The molecule has 1 amide bonds. The lowest BCUT2D eigenvalue weighted by Crippen LogP contribution is -2.55. The van der Waals surface area contributed by atoms with Gasteiger partial charge in [0.15, 0.2) is 17.0 Å². The van der Waals surface area contributed by atoms with Crippen molar-refractivity contribution in [3.05, 3.63) is 83.9 Å². The summed E-state index contributed by atoms with van der Waals surface area (Å²) in [4.78, 5) is 28.3. The van der Waals surface area contributed by atoms with Crippen LogP contribution in [0.15, 0.2) is 72.8 Å². The van der Waals surface area contributed by atoms with Crippen LogP contribution in [-0.4, -0.2) is 62.8 Å². The van der Waals surface area contributed by atoms with Gasteiger partial charge in [0.25, 0.3) is 5.17 Å². The zero-order chi connectivity index (χ0) is 36.2. The van der Waals surface area contributed by atoms with Crippen molar-refractivity contribution in [2.24, 2.45) is 11.8 Å². The van der Waals surface area contributed by atoms with Crippen LogP contribution >= 0.6 is 12.2 Å². The van der Waals surface area contributed by atoms with Gasteiger partial charge in [0.2, 0.25) is 5.91 Å². The number of nitrogens with zero attached hydrogens (tertiary/aromatic N) is 1. The van der Waals surface area contributed by atoms with Gasteiger partial charge >= 0.3 is 5.97 Å². The van der Waals surface area contributed by atoms with Crippen molar-refractivity contribution in [1.29, 1.82) is 0 Å². The van der Waals surface area contributed by atoms with Crippen LogP contribution in [0.3, 0.4) is 0 Å². The van der Waals surface area contributed by atoms with Crippen molar-refractivity contribution in [3.63, 3.8) is 0 Å². The Morgan fingerprint density at radius 1 is 0.900 bits per heavy atom. The van der Waals surface area contributed by atoms with Crippen LogP contribution in [0.4, 0.5) is 0 Å². The maximum absolute atomic E-state index is 14.5. The number of amides is 1. The van der Waals surface area contributed by atoms with Crippen molar-refractivity contribution in [1.82, 2.24) is 4.90 Å². The molecule has 0 aromatic heterocycles. The molecule has 2 fully saturated rings. The van der Waals surface area contributed by atoms with E-state index < -0.39 is 40.8 Å². The molecule has 0 aliphatic carbocycles. The quantitative estimate of drug-likeness (QED) is 0.0802. The first kappa shape index (κ1) is 39.7. The summed E-state index contributed by atoms with van der Waals surface area (Å²) in [5.41, 5.74) is -1.86. The zero-order valence-corrected chi connectivity index (χ0v) is 31.2. The molecule has 2 N–H and O–H groups in total. The minimum Gasteiger partial charge on any atom is -0.479 e. The fraction of sp³-hybridized carbons (Fsp3) is 0.585. The Morgan fingerprint density at radius 2 is 1.42 bits per heavy atom. The Kier molecular flexibility index (Phi) is 14.6. The number of benzene rings is 2. The van der Waals surface area contributed by atoms with E-state index in [2.05, 4.69) is 6.92 Å². The Labute approximate surface area is 304 Å². The minimum absolute atomic E-state index is 0.0463. The number of aliphatic hydroxyl groups is 1. The second kappa shape index (κ2) is 18.4. The van der Waals surface area contributed by atoms with Gasteiger partial charge in [-0.3, -0.25) is 9.69 Å². The SMILES string of the molecule is CCCCCCCC1(CCCCCC/C=C/[C@H](C(=O)N2C(=S)OC(c3ccccc3)(c3ccccc3)[C@@H]2C(C)C)[C@](C)(O)C(=O)O)OCCO1. The van der Waals surface area contributed by atoms with Crippen LogP contribution in [0.25, 0.3) is 0 Å². The molecule has 2 aliphatic rings.